The minimum Gasteiger partial charge on any atom is -0.0656 e. The van der Waals surface area contributed by atoms with Gasteiger partial charge < -0.3 is 0 Å². The minimum absolute atomic E-state index is 1.29. The summed E-state index contributed by atoms with van der Waals surface area (Å²) >= 11 is 0. The number of rotatable bonds is 6. The van der Waals surface area contributed by atoms with Crippen LogP contribution in [0.2, 0.25) is 78.6 Å². The van der Waals surface area contributed by atoms with Gasteiger partial charge in [0.25, 0.3) is 0 Å². The van der Waals surface area contributed by atoms with Crippen molar-refractivity contribution in [3.8, 4) is 22.3 Å². The van der Waals surface area contributed by atoms with Crippen LogP contribution >= 0.6 is 0 Å². The number of hydrogen-bond acceptors (Lipinski definition) is 0. The normalized spacial score (nSPS) is 13.2. The minimum atomic E-state index is -1.60. The first kappa shape index (κ1) is 36.8. The van der Waals surface area contributed by atoms with E-state index < -0.39 is 32.3 Å². The highest BCUT2D eigenvalue weighted by Crippen LogP contribution is 2.46. The number of fused-ring (bicyclic) bond motifs is 4. The molecule has 0 N–H and O–H groups in total. The fourth-order valence-electron chi connectivity index (χ4n) is 8.36. The average Bonchev–Trinajstić information content (AvgIpc) is 3.04. The zero-order valence-electron chi connectivity index (χ0n) is 34.2. The fraction of sp³-hybridized carbons (Fsp3) is 0.292. The van der Waals surface area contributed by atoms with Crippen LogP contribution in [0, 0.1) is 13.8 Å². The summed E-state index contributed by atoms with van der Waals surface area (Å²) in [5.41, 5.74) is 7.89. The lowest BCUT2D eigenvalue weighted by molar-refractivity contribution is 1.47. The van der Waals surface area contributed by atoms with Crippen molar-refractivity contribution in [2.24, 2.45) is 0 Å². The van der Waals surface area contributed by atoms with E-state index in [1.165, 1.54) is 76.5 Å². The Labute approximate surface area is 317 Å². The van der Waals surface area contributed by atoms with E-state index in [0.717, 1.165) is 0 Å². The maximum atomic E-state index is 2.60. The standard InChI is InChI=1S/C48H58Si4/c1-31-15-19-33(20-16-31)47-39-23-35-27-43(49(3,4)5)45(51(9,10)11)29-37(35)25-41(39)48(34-21-17-32(2)18-22-34)42-26-38-30-46(52(12,13)14)44(50(6,7)8)28-36(38)24-40(42)47/h15-30H,1-14H3. The van der Waals surface area contributed by atoms with Crippen LogP contribution in [-0.2, 0) is 0 Å². The molecular weight excluding hydrogens is 689 g/mol. The molecule has 0 bridgehead atoms. The molecule has 0 saturated heterocycles. The van der Waals surface area contributed by atoms with Gasteiger partial charge in [0, 0.05) is 0 Å². The highest BCUT2D eigenvalue weighted by atomic mass is 28.3. The molecule has 0 spiro atoms. The molecule has 0 heterocycles. The number of benzene rings is 7. The van der Waals surface area contributed by atoms with Gasteiger partial charge in [-0.05, 0) is 103 Å². The van der Waals surface area contributed by atoms with Crippen molar-refractivity contribution in [3.63, 3.8) is 0 Å². The van der Waals surface area contributed by atoms with Gasteiger partial charge in [0.05, 0.1) is 32.3 Å². The molecule has 52 heavy (non-hydrogen) atoms. The van der Waals surface area contributed by atoms with Crippen LogP contribution in [0.1, 0.15) is 11.1 Å². The Morgan fingerprint density at radius 3 is 0.692 bits per heavy atom. The van der Waals surface area contributed by atoms with Crippen molar-refractivity contribution in [2.75, 3.05) is 0 Å². The molecule has 266 valence electrons. The Bertz CT molecular complexity index is 2220. The van der Waals surface area contributed by atoms with Crippen LogP contribution in [0.25, 0.3) is 65.3 Å². The Hall–Kier alpha value is -3.55. The zero-order valence-corrected chi connectivity index (χ0v) is 38.2. The van der Waals surface area contributed by atoms with Crippen molar-refractivity contribution >= 4 is 96.1 Å². The predicted octanol–water partition coefficient (Wildman–Crippen LogP) is 12.4. The Balaban J connectivity index is 1.75. The van der Waals surface area contributed by atoms with E-state index in [9.17, 15) is 0 Å². The molecule has 7 aromatic carbocycles. The second-order valence-corrected chi connectivity index (χ2v) is 39.9. The molecule has 7 rings (SSSR count). The summed E-state index contributed by atoms with van der Waals surface area (Å²) in [6.07, 6.45) is 0. The van der Waals surface area contributed by atoms with Gasteiger partial charge in [0.15, 0.2) is 0 Å². The highest BCUT2D eigenvalue weighted by molar-refractivity contribution is 6.99. The zero-order chi connectivity index (χ0) is 37.7. The van der Waals surface area contributed by atoms with Crippen LogP contribution in [0.15, 0.2) is 97.1 Å². The molecule has 0 aliphatic carbocycles. The van der Waals surface area contributed by atoms with E-state index in [2.05, 4.69) is 189 Å². The summed E-state index contributed by atoms with van der Waals surface area (Å²) in [5.74, 6) is 0. The molecular formula is C48H58Si4. The lowest BCUT2D eigenvalue weighted by atomic mass is 9.83. The molecule has 0 radical (unpaired) electrons. The topological polar surface area (TPSA) is 0 Å². The van der Waals surface area contributed by atoms with Crippen molar-refractivity contribution in [3.05, 3.63) is 108 Å². The highest BCUT2D eigenvalue weighted by Gasteiger charge is 2.30. The van der Waals surface area contributed by atoms with E-state index in [4.69, 9.17) is 0 Å². The van der Waals surface area contributed by atoms with Crippen LogP contribution in [0.5, 0.6) is 0 Å². The average molecular weight is 747 g/mol. The first-order valence-electron chi connectivity index (χ1n) is 19.3. The van der Waals surface area contributed by atoms with Crippen molar-refractivity contribution < 1.29 is 0 Å². The Morgan fingerprint density at radius 1 is 0.288 bits per heavy atom. The van der Waals surface area contributed by atoms with Crippen LogP contribution in [0.3, 0.4) is 0 Å². The van der Waals surface area contributed by atoms with E-state index in [0.29, 0.717) is 0 Å². The molecule has 7 aromatic rings. The monoisotopic (exact) mass is 746 g/mol. The third-order valence-electron chi connectivity index (χ3n) is 11.2. The largest absolute Gasteiger partial charge is 0.0774 e. The first-order chi connectivity index (χ1) is 24.1. The summed E-state index contributed by atoms with van der Waals surface area (Å²) in [4.78, 5) is 0. The smallest absolute Gasteiger partial charge is 0.0656 e. The molecule has 4 heteroatoms. The van der Waals surface area contributed by atoms with Gasteiger partial charge in [-0.25, -0.2) is 0 Å². The van der Waals surface area contributed by atoms with Gasteiger partial charge in [-0.15, -0.1) is 0 Å². The SMILES string of the molecule is Cc1ccc(-c2c3cc4cc([Si](C)(C)C)c([Si](C)(C)C)cc4cc3c(-c3ccc(C)cc3)c3cc4cc([Si](C)(C)C)c([Si](C)(C)C)cc4cc23)cc1. The summed E-state index contributed by atoms with van der Waals surface area (Å²) in [5, 5.41) is 17.4. The third-order valence-corrected chi connectivity index (χ3v) is 19.8. The number of hydrogen-bond donors (Lipinski definition) is 0. The molecule has 0 aromatic heterocycles. The maximum Gasteiger partial charge on any atom is 0.0774 e. The third kappa shape index (κ3) is 6.61. The Kier molecular flexibility index (Phi) is 8.85. The molecule has 0 unspecified atom stereocenters. The quantitative estimate of drug-likeness (QED) is 0.117. The maximum absolute atomic E-state index is 2.60. The second-order valence-electron chi connectivity index (χ2n) is 19.8. The predicted molar refractivity (Wildman–Crippen MR) is 249 cm³/mol. The Morgan fingerprint density at radius 2 is 0.500 bits per heavy atom. The molecule has 0 aliphatic rings. The fourth-order valence-corrected chi connectivity index (χ4v) is 18.7. The summed E-state index contributed by atoms with van der Waals surface area (Å²) in [7, 11) is -6.39. The molecule has 0 atom stereocenters. The van der Waals surface area contributed by atoms with E-state index in [1.807, 2.05) is 0 Å². The van der Waals surface area contributed by atoms with Gasteiger partial charge >= 0.3 is 0 Å². The molecule has 0 nitrogen and oxygen atoms in total. The van der Waals surface area contributed by atoms with Crippen molar-refractivity contribution in [1.29, 1.82) is 0 Å². The van der Waals surface area contributed by atoms with Gasteiger partial charge in [-0.2, -0.15) is 0 Å². The van der Waals surface area contributed by atoms with E-state index >= 15 is 0 Å². The lowest BCUT2D eigenvalue weighted by Crippen LogP contribution is -2.56. The molecule has 0 saturated carbocycles. The van der Waals surface area contributed by atoms with Crippen molar-refractivity contribution in [1.82, 2.24) is 0 Å². The van der Waals surface area contributed by atoms with Crippen LogP contribution in [0.4, 0.5) is 0 Å². The molecule has 0 amide bonds. The number of aryl methyl sites for hydroxylation is 2. The van der Waals surface area contributed by atoms with Crippen LogP contribution in [-0.4, -0.2) is 32.3 Å². The van der Waals surface area contributed by atoms with E-state index in [1.54, 1.807) is 20.7 Å². The second kappa shape index (κ2) is 12.5. The lowest BCUT2D eigenvalue weighted by Gasteiger charge is -2.29. The molecule has 0 fully saturated rings. The van der Waals surface area contributed by atoms with Gasteiger partial charge in [0.1, 0.15) is 0 Å². The summed E-state index contributed by atoms with van der Waals surface area (Å²) < 4.78 is 0. The molecule has 0 aliphatic heterocycles. The van der Waals surface area contributed by atoms with Crippen LogP contribution < -0.4 is 20.7 Å². The van der Waals surface area contributed by atoms with Gasteiger partial charge in [0.2, 0.25) is 0 Å². The van der Waals surface area contributed by atoms with E-state index in [-0.39, 0.29) is 0 Å². The summed E-state index contributed by atoms with van der Waals surface area (Å²) in [6.45, 7) is 34.6. The first-order valence-corrected chi connectivity index (χ1v) is 33.3. The van der Waals surface area contributed by atoms with Gasteiger partial charge in [-0.1, -0.05) is 183 Å². The van der Waals surface area contributed by atoms with Crippen molar-refractivity contribution in [2.45, 2.75) is 92.4 Å². The van der Waals surface area contributed by atoms with Gasteiger partial charge in [-0.3, -0.25) is 0 Å². The summed E-state index contributed by atoms with van der Waals surface area (Å²) in [6, 6.07) is 39.2.